The summed E-state index contributed by atoms with van der Waals surface area (Å²) in [7, 11) is 3.86. The van der Waals surface area contributed by atoms with Crippen LogP contribution in [-0.2, 0) is 0 Å². The van der Waals surface area contributed by atoms with Crippen molar-refractivity contribution in [3.63, 3.8) is 0 Å². The van der Waals surface area contributed by atoms with Gasteiger partial charge in [0.05, 0.1) is 0 Å². The van der Waals surface area contributed by atoms with Crippen LogP contribution in [0.4, 0.5) is 10.1 Å². The Balaban J connectivity index is 2.37. The molecule has 0 spiro atoms. The number of likely N-dealkylation sites (N-methyl/N-ethyl adjacent to an activating group) is 1. The van der Waals surface area contributed by atoms with Crippen LogP contribution >= 0.6 is 0 Å². The van der Waals surface area contributed by atoms with Gasteiger partial charge in [0.2, 0.25) is 0 Å². The fraction of sp³-hybridized carbons (Fsp3) is 0.308. The Morgan fingerprint density at radius 1 is 1.44 bits per heavy atom. The lowest BCUT2D eigenvalue weighted by atomic mass is 10.1. The van der Waals surface area contributed by atoms with Crippen LogP contribution in [0.3, 0.4) is 0 Å². The van der Waals surface area contributed by atoms with E-state index in [0.29, 0.717) is 29.7 Å². The van der Waals surface area contributed by atoms with Crippen LogP contribution in [0.25, 0.3) is 10.9 Å². The lowest BCUT2D eigenvalue weighted by molar-refractivity contribution is 0.254. The number of nitrogen functional groups attached to an aromatic ring is 1. The Bertz CT molecular complexity index is 557. The molecule has 2 rings (SSSR count). The van der Waals surface area contributed by atoms with Crippen molar-refractivity contribution in [3.8, 4) is 5.75 Å². The molecular weight excluding hydrogens is 233 g/mol. The third kappa shape index (κ3) is 2.51. The highest BCUT2D eigenvalue weighted by atomic mass is 19.1. The van der Waals surface area contributed by atoms with E-state index in [2.05, 4.69) is 4.98 Å². The van der Waals surface area contributed by atoms with Gasteiger partial charge in [0.25, 0.3) is 0 Å². The van der Waals surface area contributed by atoms with Crippen LogP contribution in [0.1, 0.15) is 0 Å². The van der Waals surface area contributed by atoms with E-state index in [9.17, 15) is 4.39 Å². The largest absolute Gasteiger partial charge is 0.487 e. The van der Waals surface area contributed by atoms with Crippen molar-refractivity contribution >= 4 is 16.6 Å². The number of anilines is 1. The monoisotopic (exact) mass is 249 g/mol. The molecule has 0 aliphatic heterocycles. The topological polar surface area (TPSA) is 51.4 Å². The Morgan fingerprint density at radius 3 is 2.94 bits per heavy atom. The number of pyridine rings is 1. The molecule has 4 nitrogen and oxygen atoms in total. The van der Waals surface area contributed by atoms with Crippen molar-refractivity contribution in [2.45, 2.75) is 0 Å². The first-order valence-corrected chi connectivity index (χ1v) is 5.70. The number of halogens is 1. The fourth-order valence-electron chi connectivity index (χ4n) is 1.68. The zero-order valence-corrected chi connectivity index (χ0v) is 10.5. The highest BCUT2D eigenvalue weighted by Gasteiger charge is 2.13. The molecule has 0 unspecified atom stereocenters. The Morgan fingerprint density at radius 2 is 2.22 bits per heavy atom. The molecule has 96 valence electrons. The Labute approximate surface area is 105 Å². The minimum Gasteiger partial charge on any atom is -0.487 e. The van der Waals surface area contributed by atoms with Crippen LogP contribution in [0, 0.1) is 5.82 Å². The molecule has 0 atom stereocenters. The molecule has 5 heteroatoms. The second kappa shape index (κ2) is 5.18. The highest BCUT2D eigenvalue weighted by molar-refractivity contribution is 5.94. The number of rotatable bonds is 4. The number of fused-ring (bicyclic) bond motifs is 1. The normalized spacial score (nSPS) is 11.1. The molecule has 1 aromatic carbocycles. The van der Waals surface area contributed by atoms with Crippen LogP contribution in [0.15, 0.2) is 24.4 Å². The van der Waals surface area contributed by atoms with Crippen molar-refractivity contribution in [3.05, 3.63) is 30.2 Å². The summed E-state index contributed by atoms with van der Waals surface area (Å²) in [6.45, 7) is 1.11. The van der Waals surface area contributed by atoms with E-state index in [1.54, 1.807) is 18.3 Å². The highest BCUT2D eigenvalue weighted by Crippen LogP contribution is 2.31. The summed E-state index contributed by atoms with van der Waals surface area (Å²) in [6.07, 6.45) is 1.60. The van der Waals surface area contributed by atoms with Crippen molar-refractivity contribution in [2.75, 3.05) is 33.0 Å². The first-order valence-electron chi connectivity index (χ1n) is 5.70. The predicted molar refractivity (Wildman–Crippen MR) is 70.2 cm³/mol. The summed E-state index contributed by atoms with van der Waals surface area (Å²) in [6, 6.07) is 4.84. The summed E-state index contributed by atoms with van der Waals surface area (Å²) in [5, 5.41) is 0.707. The second-order valence-corrected chi connectivity index (χ2v) is 4.33. The van der Waals surface area contributed by atoms with Gasteiger partial charge in [-0.25, -0.2) is 4.39 Å². The number of hydrogen-bond acceptors (Lipinski definition) is 4. The first kappa shape index (κ1) is 12.6. The van der Waals surface area contributed by atoms with E-state index < -0.39 is 5.82 Å². The number of aromatic nitrogens is 1. The quantitative estimate of drug-likeness (QED) is 0.841. The average Bonchev–Trinajstić information content (AvgIpc) is 2.33. The average molecular weight is 249 g/mol. The third-order valence-corrected chi connectivity index (χ3v) is 2.62. The molecule has 2 aromatic rings. The molecule has 2 N–H and O–H groups in total. The van der Waals surface area contributed by atoms with Crippen LogP contribution in [-0.4, -0.2) is 37.1 Å². The van der Waals surface area contributed by atoms with E-state index in [-0.39, 0.29) is 5.75 Å². The van der Waals surface area contributed by atoms with Crippen LogP contribution in [0.5, 0.6) is 5.75 Å². The zero-order chi connectivity index (χ0) is 13.1. The molecule has 0 radical (unpaired) electrons. The van der Waals surface area contributed by atoms with Gasteiger partial charge < -0.3 is 15.4 Å². The molecule has 1 heterocycles. The molecule has 0 saturated carbocycles. The van der Waals surface area contributed by atoms with E-state index in [1.807, 2.05) is 19.0 Å². The van der Waals surface area contributed by atoms with Crippen molar-refractivity contribution in [2.24, 2.45) is 0 Å². The van der Waals surface area contributed by atoms with Gasteiger partial charge >= 0.3 is 0 Å². The van der Waals surface area contributed by atoms with Crippen molar-refractivity contribution < 1.29 is 9.13 Å². The number of nitrogens with two attached hydrogens (primary N) is 1. The molecule has 0 amide bonds. The fourth-order valence-corrected chi connectivity index (χ4v) is 1.68. The minimum absolute atomic E-state index is 0.168. The maximum atomic E-state index is 13.8. The van der Waals surface area contributed by atoms with Gasteiger partial charge in [0, 0.05) is 29.9 Å². The number of benzene rings is 1. The molecule has 0 aliphatic rings. The lowest BCUT2D eigenvalue weighted by Gasteiger charge is -2.13. The van der Waals surface area contributed by atoms with Gasteiger partial charge in [-0.3, -0.25) is 4.98 Å². The van der Waals surface area contributed by atoms with Gasteiger partial charge in [-0.15, -0.1) is 0 Å². The van der Waals surface area contributed by atoms with Crippen molar-refractivity contribution in [1.29, 1.82) is 0 Å². The molecule has 0 saturated heterocycles. The minimum atomic E-state index is -0.475. The second-order valence-electron chi connectivity index (χ2n) is 4.33. The smallest absolute Gasteiger partial charge is 0.181 e. The van der Waals surface area contributed by atoms with Gasteiger partial charge in [-0.2, -0.15) is 0 Å². The maximum absolute atomic E-state index is 13.8. The third-order valence-electron chi connectivity index (χ3n) is 2.62. The Hall–Kier alpha value is -1.88. The SMILES string of the molecule is CN(C)CCOc1c(F)cc(N)c2cccnc12. The van der Waals surface area contributed by atoms with Gasteiger partial charge in [-0.05, 0) is 26.2 Å². The predicted octanol–water partition coefficient (Wildman–Crippen LogP) is 1.90. The maximum Gasteiger partial charge on any atom is 0.181 e. The van der Waals surface area contributed by atoms with E-state index in [0.717, 1.165) is 0 Å². The number of nitrogens with zero attached hydrogens (tertiary/aromatic N) is 2. The van der Waals surface area contributed by atoms with Gasteiger partial charge in [0.15, 0.2) is 11.6 Å². The van der Waals surface area contributed by atoms with Crippen LogP contribution in [0.2, 0.25) is 0 Å². The molecule has 0 aliphatic carbocycles. The Kier molecular flexibility index (Phi) is 3.62. The number of ether oxygens (including phenoxy) is 1. The number of hydrogen-bond donors (Lipinski definition) is 1. The zero-order valence-electron chi connectivity index (χ0n) is 10.5. The summed E-state index contributed by atoms with van der Waals surface area (Å²) >= 11 is 0. The summed E-state index contributed by atoms with van der Waals surface area (Å²) < 4.78 is 19.3. The molecule has 1 aromatic heterocycles. The summed E-state index contributed by atoms with van der Waals surface area (Å²) in [5.41, 5.74) is 6.60. The van der Waals surface area contributed by atoms with Gasteiger partial charge in [0.1, 0.15) is 12.1 Å². The molecule has 18 heavy (non-hydrogen) atoms. The van der Waals surface area contributed by atoms with E-state index in [4.69, 9.17) is 10.5 Å². The lowest BCUT2D eigenvalue weighted by Crippen LogP contribution is -2.19. The van der Waals surface area contributed by atoms with E-state index in [1.165, 1.54) is 6.07 Å². The van der Waals surface area contributed by atoms with E-state index >= 15 is 0 Å². The molecule has 0 fully saturated rings. The van der Waals surface area contributed by atoms with Gasteiger partial charge in [-0.1, -0.05) is 0 Å². The summed E-state index contributed by atoms with van der Waals surface area (Å²) in [4.78, 5) is 6.11. The molecule has 0 bridgehead atoms. The standard InChI is InChI=1S/C13H16FN3O/c1-17(2)6-7-18-13-10(14)8-11(15)9-4-3-5-16-12(9)13/h3-5,8H,6-7,15H2,1-2H3. The first-order chi connectivity index (χ1) is 8.59. The summed E-state index contributed by atoms with van der Waals surface area (Å²) in [5.74, 6) is -0.306. The van der Waals surface area contributed by atoms with Crippen LogP contribution < -0.4 is 10.5 Å². The van der Waals surface area contributed by atoms with Crippen molar-refractivity contribution in [1.82, 2.24) is 9.88 Å². The molecular formula is C13H16FN3O.